The molecule has 4 nitrogen and oxygen atoms in total. The van der Waals surface area contributed by atoms with Crippen molar-refractivity contribution in [2.75, 3.05) is 0 Å². The van der Waals surface area contributed by atoms with Crippen molar-refractivity contribution in [2.45, 2.75) is 18.9 Å². The Balaban J connectivity index is 2.46. The van der Waals surface area contributed by atoms with Crippen molar-refractivity contribution in [3.63, 3.8) is 0 Å². The average Bonchev–Trinajstić information content (AvgIpc) is 2.29. The molecule has 1 aromatic heterocycles. The van der Waals surface area contributed by atoms with Gasteiger partial charge in [0.25, 0.3) is 0 Å². The van der Waals surface area contributed by atoms with Gasteiger partial charge in [-0.1, -0.05) is 18.2 Å². The number of para-hydroxylation sites is 1. The molecule has 0 spiro atoms. The lowest BCUT2D eigenvalue weighted by molar-refractivity contribution is -0.142. The Morgan fingerprint density at radius 2 is 2.12 bits per heavy atom. The Hall–Kier alpha value is -1.94. The van der Waals surface area contributed by atoms with Crippen LogP contribution >= 0.6 is 0 Å². The second-order valence-corrected chi connectivity index (χ2v) is 4.39. The molecule has 88 valence electrons. The monoisotopic (exact) mass is 230 g/mol. The number of carboxylic acids is 1. The molecule has 17 heavy (non-hydrogen) atoms. The van der Waals surface area contributed by atoms with Crippen LogP contribution in [-0.2, 0) is 11.2 Å². The van der Waals surface area contributed by atoms with Crippen LogP contribution in [0.1, 0.15) is 12.5 Å². The van der Waals surface area contributed by atoms with Gasteiger partial charge in [-0.25, -0.2) is 0 Å². The van der Waals surface area contributed by atoms with Crippen molar-refractivity contribution in [3.8, 4) is 0 Å². The Morgan fingerprint density at radius 1 is 1.41 bits per heavy atom. The lowest BCUT2D eigenvalue weighted by atomic mass is 9.92. The van der Waals surface area contributed by atoms with Gasteiger partial charge in [-0.2, -0.15) is 0 Å². The first-order valence-corrected chi connectivity index (χ1v) is 5.35. The highest BCUT2D eigenvalue weighted by Gasteiger charge is 2.28. The van der Waals surface area contributed by atoms with E-state index in [0.29, 0.717) is 0 Å². The van der Waals surface area contributed by atoms with Crippen LogP contribution in [0.3, 0.4) is 0 Å². The van der Waals surface area contributed by atoms with Gasteiger partial charge < -0.3 is 10.8 Å². The first kappa shape index (κ1) is 11.5. The highest BCUT2D eigenvalue weighted by molar-refractivity contribution is 5.84. The van der Waals surface area contributed by atoms with Gasteiger partial charge in [0.05, 0.1) is 5.52 Å². The third-order valence-electron chi connectivity index (χ3n) is 2.79. The molecule has 3 N–H and O–H groups in total. The number of benzene rings is 1. The van der Waals surface area contributed by atoms with Gasteiger partial charge in [-0.3, -0.25) is 9.78 Å². The molecular formula is C13H14N2O2. The summed E-state index contributed by atoms with van der Waals surface area (Å²) in [5.41, 5.74) is 6.26. The molecule has 2 rings (SSSR count). The number of carbonyl (C=O) groups is 1. The van der Waals surface area contributed by atoms with Gasteiger partial charge >= 0.3 is 5.97 Å². The Labute approximate surface area is 99.1 Å². The maximum Gasteiger partial charge on any atom is 0.323 e. The average molecular weight is 230 g/mol. The van der Waals surface area contributed by atoms with Gasteiger partial charge in [0.2, 0.25) is 0 Å². The van der Waals surface area contributed by atoms with Crippen molar-refractivity contribution in [1.82, 2.24) is 4.98 Å². The summed E-state index contributed by atoms with van der Waals surface area (Å²) < 4.78 is 0. The SMILES string of the molecule is CC(N)(Cc1ccnc2ccccc12)C(=O)O. The summed E-state index contributed by atoms with van der Waals surface area (Å²) in [5, 5.41) is 9.99. The zero-order valence-corrected chi connectivity index (χ0v) is 9.55. The Kier molecular flexibility index (Phi) is 2.81. The fraction of sp³-hybridized carbons (Fsp3) is 0.231. The molecule has 1 heterocycles. The predicted octanol–water partition coefficient (Wildman–Crippen LogP) is 1.58. The highest BCUT2D eigenvalue weighted by Crippen LogP contribution is 2.20. The largest absolute Gasteiger partial charge is 0.480 e. The molecule has 1 atom stereocenters. The smallest absolute Gasteiger partial charge is 0.323 e. The molecule has 0 radical (unpaired) electrons. The summed E-state index contributed by atoms with van der Waals surface area (Å²) >= 11 is 0. The quantitative estimate of drug-likeness (QED) is 0.839. The van der Waals surface area contributed by atoms with E-state index in [9.17, 15) is 4.79 Å². The number of aromatic nitrogens is 1. The van der Waals surface area contributed by atoms with E-state index < -0.39 is 11.5 Å². The third kappa shape index (κ3) is 2.26. The van der Waals surface area contributed by atoms with Crippen molar-refractivity contribution >= 4 is 16.9 Å². The predicted molar refractivity (Wildman–Crippen MR) is 65.7 cm³/mol. The summed E-state index contributed by atoms with van der Waals surface area (Å²) in [7, 11) is 0. The van der Waals surface area contributed by atoms with E-state index in [1.54, 1.807) is 6.20 Å². The van der Waals surface area contributed by atoms with Crippen LogP contribution in [0, 0.1) is 0 Å². The van der Waals surface area contributed by atoms with Crippen LogP contribution in [0.15, 0.2) is 36.5 Å². The summed E-state index contributed by atoms with van der Waals surface area (Å²) in [4.78, 5) is 15.2. The number of fused-ring (bicyclic) bond motifs is 1. The molecule has 1 unspecified atom stereocenters. The second kappa shape index (κ2) is 4.14. The zero-order chi connectivity index (χ0) is 12.5. The van der Waals surface area contributed by atoms with E-state index in [-0.39, 0.29) is 6.42 Å². The van der Waals surface area contributed by atoms with Crippen LogP contribution in [0.2, 0.25) is 0 Å². The molecule has 0 fully saturated rings. The normalized spacial score (nSPS) is 14.5. The van der Waals surface area contributed by atoms with E-state index in [4.69, 9.17) is 10.8 Å². The minimum atomic E-state index is -1.26. The fourth-order valence-corrected chi connectivity index (χ4v) is 1.78. The van der Waals surface area contributed by atoms with Crippen LogP contribution in [-0.4, -0.2) is 21.6 Å². The molecule has 0 aliphatic carbocycles. The first-order chi connectivity index (χ1) is 8.00. The van der Waals surface area contributed by atoms with Gasteiger partial charge in [0.1, 0.15) is 5.54 Å². The lowest BCUT2D eigenvalue weighted by Gasteiger charge is -2.19. The van der Waals surface area contributed by atoms with Gasteiger partial charge in [-0.15, -0.1) is 0 Å². The molecule has 0 saturated carbocycles. The third-order valence-corrected chi connectivity index (χ3v) is 2.79. The van der Waals surface area contributed by atoms with E-state index in [0.717, 1.165) is 16.5 Å². The van der Waals surface area contributed by atoms with E-state index >= 15 is 0 Å². The zero-order valence-electron chi connectivity index (χ0n) is 9.55. The fourth-order valence-electron chi connectivity index (χ4n) is 1.78. The van der Waals surface area contributed by atoms with Crippen molar-refractivity contribution in [2.24, 2.45) is 5.73 Å². The number of carboxylic acid groups (broad SMARTS) is 1. The van der Waals surface area contributed by atoms with E-state index in [2.05, 4.69) is 4.98 Å². The molecule has 4 heteroatoms. The number of rotatable bonds is 3. The standard InChI is InChI=1S/C13H14N2O2/c1-13(14,12(16)17)8-9-6-7-15-11-5-3-2-4-10(9)11/h2-7H,8,14H2,1H3,(H,16,17). The lowest BCUT2D eigenvalue weighted by Crippen LogP contribution is -2.46. The summed E-state index contributed by atoms with van der Waals surface area (Å²) in [6.07, 6.45) is 1.96. The van der Waals surface area contributed by atoms with Crippen molar-refractivity contribution in [3.05, 3.63) is 42.1 Å². The molecule has 0 aliphatic rings. The number of nitrogens with zero attached hydrogens (tertiary/aromatic N) is 1. The van der Waals surface area contributed by atoms with Crippen LogP contribution in [0.5, 0.6) is 0 Å². The maximum atomic E-state index is 11.0. The molecule has 0 bridgehead atoms. The first-order valence-electron chi connectivity index (χ1n) is 5.35. The molecular weight excluding hydrogens is 216 g/mol. The van der Waals surface area contributed by atoms with Crippen molar-refractivity contribution < 1.29 is 9.90 Å². The van der Waals surface area contributed by atoms with Crippen molar-refractivity contribution in [1.29, 1.82) is 0 Å². The molecule has 1 aromatic carbocycles. The number of pyridine rings is 1. The number of aliphatic carboxylic acids is 1. The molecule has 0 amide bonds. The van der Waals surface area contributed by atoms with Crippen LogP contribution in [0.4, 0.5) is 0 Å². The highest BCUT2D eigenvalue weighted by atomic mass is 16.4. The molecule has 0 saturated heterocycles. The summed E-state index contributed by atoms with van der Waals surface area (Å²) in [6, 6.07) is 9.44. The minimum Gasteiger partial charge on any atom is -0.480 e. The molecule has 0 aliphatic heterocycles. The maximum absolute atomic E-state index is 11.0. The topological polar surface area (TPSA) is 76.2 Å². The Bertz CT molecular complexity index is 559. The summed E-state index contributed by atoms with van der Waals surface area (Å²) in [6.45, 7) is 1.52. The molecule has 2 aromatic rings. The van der Waals surface area contributed by atoms with Gasteiger partial charge in [-0.05, 0) is 24.6 Å². The van der Waals surface area contributed by atoms with Gasteiger partial charge in [0.15, 0.2) is 0 Å². The summed E-state index contributed by atoms with van der Waals surface area (Å²) in [5.74, 6) is -1.00. The van der Waals surface area contributed by atoms with E-state index in [1.807, 2.05) is 30.3 Å². The number of hydrogen-bond donors (Lipinski definition) is 2. The Morgan fingerprint density at radius 3 is 2.82 bits per heavy atom. The minimum absolute atomic E-state index is 0.283. The van der Waals surface area contributed by atoms with Crippen LogP contribution < -0.4 is 5.73 Å². The number of hydrogen-bond acceptors (Lipinski definition) is 3. The van der Waals surface area contributed by atoms with Crippen LogP contribution in [0.25, 0.3) is 10.9 Å². The second-order valence-electron chi connectivity index (χ2n) is 4.39. The van der Waals surface area contributed by atoms with E-state index in [1.165, 1.54) is 6.92 Å². The van der Waals surface area contributed by atoms with Gasteiger partial charge in [0, 0.05) is 18.0 Å². The number of nitrogens with two attached hydrogens (primary N) is 1.